The van der Waals surface area contributed by atoms with Gasteiger partial charge < -0.3 is 5.32 Å². The maximum atomic E-state index is 12.5. The smallest absolute Gasteiger partial charge is 0.246 e. The van der Waals surface area contributed by atoms with E-state index in [1.165, 1.54) is 10.3 Å². The van der Waals surface area contributed by atoms with Crippen LogP contribution in [0.3, 0.4) is 0 Å². The van der Waals surface area contributed by atoms with Crippen LogP contribution in [0, 0.1) is 13.8 Å². The Bertz CT molecular complexity index is 1260. The standard InChI is InChI=1S/C22H18Cl3N3OS/c1-12-17(7-14-11-30-21-6-4-15(23)8-18(14)21)13(2)28(27-12)10-22(29)26-20-5-3-16(24)9-19(20)25/h3-6,8-9,11H,7,10H2,1-2H3,(H,26,29). The lowest BCUT2D eigenvalue weighted by Crippen LogP contribution is -2.20. The van der Waals surface area contributed by atoms with Crippen molar-refractivity contribution in [2.75, 3.05) is 5.32 Å². The number of thiophene rings is 1. The Morgan fingerprint density at radius 3 is 2.60 bits per heavy atom. The Morgan fingerprint density at radius 1 is 1.10 bits per heavy atom. The van der Waals surface area contributed by atoms with Crippen LogP contribution in [0.2, 0.25) is 15.1 Å². The molecule has 0 aliphatic carbocycles. The van der Waals surface area contributed by atoms with E-state index in [1.54, 1.807) is 34.2 Å². The first-order valence-electron chi connectivity index (χ1n) is 9.25. The SMILES string of the molecule is Cc1nn(CC(=O)Nc2ccc(Cl)cc2Cl)c(C)c1Cc1csc2ccc(Cl)cc12. The van der Waals surface area contributed by atoms with Crippen LogP contribution in [0.15, 0.2) is 41.8 Å². The van der Waals surface area contributed by atoms with Crippen molar-refractivity contribution in [3.63, 3.8) is 0 Å². The quantitative estimate of drug-likeness (QED) is 0.339. The van der Waals surface area contributed by atoms with Crippen molar-refractivity contribution < 1.29 is 4.79 Å². The van der Waals surface area contributed by atoms with Gasteiger partial charge in [-0.3, -0.25) is 9.48 Å². The number of fused-ring (bicyclic) bond motifs is 1. The summed E-state index contributed by atoms with van der Waals surface area (Å²) in [6.45, 7) is 4.05. The van der Waals surface area contributed by atoms with Gasteiger partial charge in [0.15, 0.2) is 0 Å². The van der Waals surface area contributed by atoms with Gasteiger partial charge in [-0.2, -0.15) is 5.10 Å². The Morgan fingerprint density at radius 2 is 1.83 bits per heavy atom. The van der Waals surface area contributed by atoms with E-state index in [2.05, 4.69) is 15.8 Å². The topological polar surface area (TPSA) is 46.9 Å². The van der Waals surface area contributed by atoms with E-state index in [9.17, 15) is 4.79 Å². The summed E-state index contributed by atoms with van der Waals surface area (Å²) in [5, 5.41) is 12.4. The number of carbonyl (C=O) groups excluding carboxylic acids is 1. The van der Waals surface area contributed by atoms with Crippen LogP contribution in [0.4, 0.5) is 5.69 Å². The summed E-state index contributed by atoms with van der Waals surface area (Å²) < 4.78 is 2.93. The molecule has 0 saturated heterocycles. The number of hydrogen-bond acceptors (Lipinski definition) is 3. The van der Waals surface area contributed by atoms with Crippen LogP contribution in [0.25, 0.3) is 10.1 Å². The summed E-state index contributed by atoms with van der Waals surface area (Å²) >= 11 is 19.9. The highest BCUT2D eigenvalue weighted by Crippen LogP contribution is 2.31. The summed E-state index contributed by atoms with van der Waals surface area (Å²) in [4.78, 5) is 12.5. The number of amides is 1. The fourth-order valence-electron chi connectivity index (χ4n) is 3.44. The van der Waals surface area contributed by atoms with Crippen LogP contribution in [-0.4, -0.2) is 15.7 Å². The van der Waals surface area contributed by atoms with Gasteiger partial charge in [-0.05, 0) is 66.6 Å². The Labute approximate surface area is 193 Å². The highest BCUT2D eigenvalue weighted by atomic mass is 35.5. The zero-order valence-corrected chi connectivity index (χ0v) is 19.4. The molecule has 30 heavy (non-hydrogen) atoms. The maximum absolute atomic E-state index is 12.5. The molecular formula is C22H18Cl3N3OS. The van der Waals surface area contributed by atoms with Gasteiger partial charge in [0.25, 0.3) is 0 Å². The monoisotopic (exact) mass is 477 g/mol. The van der Waals surface area contributed by atoms with Gasteiger partial charge in [-0.1, -0.05) is 34.8 Å². The van der Waals surface area contributed by atoms with Crippen molar-refractivity contribution in [2.24, 2.45) is 0 Å². The number of aryl methyl sites for hydroxylation is 1. The number of benzene rings is 2. The minimum atomic E-state index is -0.205. The first kappa shape index (κ1) is 21.2. The van der Waals surface area contributed by atoms with E-state index < -0.39 is 0 Å². The first-order chi connectivity index (χ1) is 14.3. The predicted octanol–water partition coefficient (Wildman–Crippen LogP) is 6.90. The molecule has 4 rings (SSSR count). The van der Waals surface area contributed by atoms with Gasteiger partial charge in [0, 0.05) is 32.4 Å². The van der Waals surface area contributed by atoms with E-state index in [1.807, 2.05) is 32.0 Å². The molecule has 4 nitrogen and oxygen atoms in total. The van der Waals surface area contributed by atoms with Crippen LogP contribution in [-0.2, 0) is 17.8 Å². The van der Waals surface area contributed by atoms with Gasteiger partial charge in [-0.15, -0.1) is 11.3 Å². The van der Waals surface area contributed by atoms with Gasteiger partial charge in [-0.25, -0.2) is 0 Å². The second kappa shape index (κ2) is 8.60. The van der Waals surface area contributed by atoms with Crippen LogP contribution < -0.4 is 5.32 Å². The average molecular weight is 479 g/mol. The number of halogens is 3. The molecule has 1 N–H and O–H groups in total. The number of rotatable bonds is 5. The molecule has 4 aromatic rings. The highest BCUT2D eigenvalue weighted by Gasteiger charge is 2.17. The minimum absolute atomic E-state index is 0.0990. The molecule has 0 radical (unpaired) electrons. The van der Waals surface area contributed by atoms with Crippen molar-refractivity contribution >= 4 is 67.8 Å². The molecule has 2 aromatic heterocycles. The molecule has 0 fully saturated rings. The Kier molecular flexibility index (Phi) is 6.07. The second-order valence-electron chi connectivity index (χ2n) is 7.06. The van der Waals surface area contributed by atoms with Crippen LogP contribution in [0.5, 0.6) is 0 Å². The fraction of sp³-hybridized carbons (Fsp3) is 0.182. The summed E-state index contributed by atoms with van der Waals surface area (Å²) in [5.74, 6) is -0.205. The van der Waals surface area contributed by atoms with Crippen molar-refractivity contribution in [2.45, 2.75) is 26.8 Å². The number of anilines is 1. The minimum Gasteiger partial charge on any atom is -0.323 e. The molecule has 0 spiro atoms. The third-order valence-corrected chi connectivity index (χ3v) is 6.81. The number of nitrogens with one attached hydrogen (secondary N) is 1. The van der Waals surface area contributed by atoms with Crippen LogP contribution >= 0.6 is 46.1 Å². The van der Waals surface area contributed by atoms with Crippen molar-refractivity contribution in [1.82, 2.24) is 9.78 Å². The molecule has 0 aliphatic heterocycles. The van der Waals surface area contributed by atoms with Gasteiger partial charge in [0.1, 0.15) is 6.54 Å². The molecule has 0 unspecified atom stereocenters. The zero-order valence-electron chi connectivity index (χ0n) is 16.3. The summed E-state index contributed by atoms with van der Waals surface area (Å²) in [7, 11) is 0. The number of carbonyl (C=O) groups is 1. The lowest BCUT2D eigenvalue weighted by atomic mass is 10.0. The molecule has 0 atom stereocenters. The molecule has 1 amide bonds. The number of hydrogen-bond donors (Lipinski definition) is 1. The fourth-order valence-corrected chi connectivity index (χ4v) is 5.01. The Balaban J connectivity index is 1.54. The number of nitrogens with zero attached hydrogens (tertiary/aromatic N) is 2. The lowest BCUT2D eigenvalue weighted by Gasteiger charge is -2.09. The summed E-state index contributed by atoms with van der Waals surface area (Å²) in [6.07, 6.45) is 0.739. The lowest BCUT2D eigenvalue weighted by molar-refractivity contribution is -0.116. The summed E-state index contributed by atoms with van der Waals surface area (Å²) in [5.41, 5.74) is 4.72. The van der Waals surface area contributed by atoms with Crippen molar-refractivity contribution in [3.8, 4) is 0 Å². The normalized spacial score (nSPS) is 11.2. The largest absolute Gasteiger partial charge is 0.323 e. The van der Waals surface area contributed by atoms with Gasteiger partial charge in [0.05, 0.1) is 16.4 Å². The molecule has 0 saturated carbocycles. The van der Waals surface area contributed by atoms with Crippen LogP contribution in [0.1, 0.15) is 22.5 Å². The molecule has 2 aromatic carbocycles. The molecular weight excluding hydrogens is 461 g/mol. The van der Waals surface area contributed by atoms with E-state index >= 15 is 0 Å². The Hall–Kier alpha value is -2.05. The molecule has 2 heterocycles. The predicted molar refractivity (Wildman–Crippen MR) is 126 cm³/mol. The third-order valence-electron chi connectivity index (χ3n) is 5.01. The molecule has 0 aliphatic rings. The molecule has 8 heteroatoms. The van der Waals surface area contributed by atoms with E-state index in [4.69, 9.17) is 34.8 Å². The average Bonchev–Trinajstić information content (AvgIpc) is 3.20. The zero-order chi connectivity index (χ0) is 21.4. The maximum Gasteiger partial charge on any atom is 0.246 e. The van der Waals surface area contributed by atoms with Crippen molar-refractivity contribution in [1.29, 1.82) is 0 Å². The highest BCUT2D eigenvalue weighted by molar-refractivity contribution is 7.17. The van der Waals surface area contributed by atoms with Crippen molar-refractivity contribution in [3.05, 3.63) is 79.4 Å². The molecule has 0 bridgehead atoms. The van der Waals surface area contributed by atoms with Gasteiger partial charge in [0.2, 0.25) is 5.91 Å². The van der Waals surface area contributed by atoms with E-state index in [0.29, 0.717) is 15.7 Å². The van der Waals surface area contributed by atoms with Gasteiger partial charge >= 0.3 is 0 Å². The summed E-state index contributed by atoms with van der Waals surface area (Å²) in [6, 6.07) is 10.9. The van der Waals surface area contributed by atoms with E-state index in [0.717, 1.165) is 33.8 Å². The number of aromatic nitrogens is 2. The molecule has 154 valence electrons. The third kappa shape index (κ3) is 4.35. The van der Waals surface area contributed by atoms with E-state index in [-0.39, 0.29) is 12.5 Å². The first-order valence-corrected chi connectivity index (χ1v) is 11.3. The second-order valence-corrected chi connectivity index (χ2v) is 9.25.